The maximum atomic E-state index is 14.2. The van der Waals surface area contributed by atoms with Crippen LogP contribution < -0.4 is 14.4 Å². The van der Waals surface area contributed by atoms with E-state index < -0.39 is 56.3 Å². The van der Waals surface area contributed by atoms with Crippen molar-refractivity contribution >= 4 is 62.2 Å². The van der Waals surface area contributed by atoms with Crippen LogP contribution in [0.25, 0.3) is 0 Å². The second-order valence-corrected chi connectivity index (χ2v) is 23.9. The van der Waals surface area contributed by atoms with Gasteiger partial charge in [0.25, 0.3) is 46.4 Å². The van der Waals surface area contributed by atoms with E-state index in [1.165, 1.54) is 24.5 Å². The van der Waals surface area contributed by atoms with Crippen molar-refractivity contribution in [3.8, 4) is 11.5 Å². The van der Waals surface area contributed by atoms with Gasteiger partial charge >= 0.3 is 0 Å². The molecule has 1 aliphatic carbocycles. The van der Waals surface area contributed by atoms with Gasteiger partial charge in [-0.25, -0.2) is 27.5 Å². The van der Waals surface area contributed by atoms with E-state index in [-0.39, 0.29) is 40.5 Å². The van der Waals surface area contributed by atoms with Gasteiger partial charge in [-0.2, -0.15) is 33.7 Å². The van der Waals surface area contributed by atoms with Gasteiger partial charge < -0.3 is 19.4 Å². The van der Waals surface area contributed by atoms with Gasteiger partial charge in [0.1, 0.15) is 17.9 Å². The second kappa shape index (κ2) is 25.1. The summed E-state index contributed by atoms with van der Waals surface area (Å²) >= 11 is 0. The molecule has 3 aliphatic rings. The first-order chi connectivity index (χ1) is 29.0. The quantitative estimate of drug-likeness (QED) is 0.202. The zero-order valence-electron chi connectivity index (χ0n) is 37.2. The molecule has 0 bridgehead atoms. The van der Waals surface area contributed by atoms with Crippen LogP contribution in [-0.4, -0.2) is 168 Å². The zero-order valence-corrected chi connectivity index (χ0v) is 41.2. The number of ether oxygens (including phenoxy) is 1. The van der Waals surface area contributed by atoms with E-state index in [1.807, 2.05) is 20.8 Å². The van der Waals surface area contributed by atoms with Crippen LogP contribution in [0.2, 0.25) is 0 Å². The molecular formula is C36H63FN6O16S5. The first kappa shape index (κ1) is 58.8. The van der Waals surface area contributed by atoms with Gasteiger partial charge in [0.2, 0.25) is 10.0 Å². The maximum absolute atomic E-state index is 14.2. The SMILES string of the molecule is CCN(C(=O)c1cc(F)ccc1Oc1cncnc1N1CC2(CCN(CC3CCC(NS(=O)(=O)CC)CC3)CC2)C1)C(C)C.CS(=O)(=O)O.CS(=O)(=O)O.CS(=O)(=O)O.CS(=O)(=O)O. The summed E-state index contributed by atoms with van der Waals surface area (Å²) in [6.07, 6.45) is 12.2. The number of benzene rings is 1. The highest BCUT2D eigenvalue weighted by molar-refractivity contribution is 7.89. The molecule has 64 heavy (non-hydrogen) atoms. The zero-order chi connectivity index (χ0) is 49.5. The summed E-state index contributed by atoms with van der Waals surface area (Å²) in [5.41, 5.74) is 0.420. The summed E-state index contributed by atoms with van der Waals surface area (Å²) in [5, 5.41) is 0. The Balaban J connectivity index is 0.000000855. The average Bonchev–Trinajstić information content (AvgIpc) is 3.10. The third-order valence-corrected chi connectivity index (χ3v) is 11.1. The predicted octanol–water partition coefficient (Wildman–Crippen LogP) is 2.69. The number of carbonyl (C=O) groups excluding carboxylic acids is 1. The molecule has 3 heterocycles. The van der Waals surface area contributed by atoms with E-state index in [2.05, 4.69) is 24.5 Å². The van der Waals surface area contributed by atoms with Gasteiger partial charge in [-0.15, -0.1) is 0 Å². The summed E-state index contributed by atoms with van der Waals surface area (Å²) in [4.78, 5) is 28.5. The molecule has 2 aromatic rings. The molecule has 22 nitrogen and oxygen atoms in total. The van der Waals surface area contributed by atoms with Crippen molar-refractivity contribution in [2.75, 3.05) is 74.9 Å². The number of rotatable bonds is 11. The van der Waals surface area contributed by atoms with E-state index >= 15 is 0 Å². The lowest BCUT2D eigenvalue weighted by atomic mass is 9.71. The number of nitrogens with zero attached hydrogens (tertiary/aromatic N) is 5. The van der Waals surface area contributed by atoms with Crippen LogP contribution in [0.1, 0.15) is 76.6 Å². The summed E-state index contributed by atoms with van der Waals surface area (Å²) < 4.78 is 151. The minimum absolute atomic E-state index is 0.0352. The standard InChI is InChI=1S/C32H47FN6O4S.4CH4O3S/c1-5-39(23(3)4)31(40)27-17-25(33)9-12-28(27)43-29-18-34-22-35-30(29)38-20-32(21-38)13-15-37(16-14-32)19-24-7-10-26(11-8-24)36-44(41,42)6-2;4*1-5(2,3)4/h9,12,17-18,22-24,26,36H,5-8,10-11,13-16,19-21H2,1-4H3;4*1H3,(H,2,3,4). The van der Waals surface area contributed by atoms with Gasteiger partial charge in [0, 0.05) is 43.7 Å². The Morgan fingerprint density at radius 1 is 0.844 bits per heavy atom. The van der Waals surface area contributed by atoms with Gasteiger partial charge in [-0.05, 0) is 103 Å². The van der Waals surface area contributed by atoms with Crippen LogP contribution in [-0.2, 0) is 50.5 Å². The molecule has 0 unspecified atom stereocenters. The molecule has 2 saturated heterocycles. The van der Waals surface area contributed by atoms with Crippen molar-refractivity contribution < 1.29 is 74.2 Å². The Bertz CT molecular complexity index is 2220. The van der Waals surface area contributed by atoms with Crippen molar-refractivity contribution in [1.29, 1.82) is 0 Å². The number of sulfonamides is 1. The van der Waals surface area contributed by atoms with Crippen molar-refractivity contribution in [1.82, 2.24) is 24.5 Å². The minimum atomic E-state index is -3.67. The molecule has 1 amide bonds. The van der Waals surface area contributed by atoms with Gasteiger partial charge in [0.05, 0.1) is 42.5 Å². The number of aromatic nitrogens is 2. The molecule has 3 fully saturated rings. The Morgan fingerprint density at radius 3 is 1.77 bits per heavy atom. The van der Waals surface area contributed by atoms with E-state index in [0.29, 0.717) is 49.1 Å². The summed E-state index contributed by atoms with van der Waals surface area (Å²) in [7, 11) is -17.8. The number of amides is 1. The summed E-state index contributed by atoms with van der Waals surface area (Å²) in [5.74, 6) is 1.41. The Morgan fingerprint density at radius 2 is 1.33 bits per heavy atom. The number of nitrogens with one attached hydrogen (secondary N) is 1. The first-order valence-electron chi connectivity index (χ1n) is 19.8. The predicted molar refractivity (Wildman–Crippen MR) is 239 cm³/mol. The monoisotopic (exact) mass is 1010 g/mol. The van der Waals surface area contributed by atoms with Crippen molar-refractivity contribution in [2.24, 2.45) is 11.3 Å². The number of likely N-dealkylation sites (tertiary alicyclic amines) is 1. The van der Waals surface area contributed by atoms with Crippen LogP contribution in [0, 0.1) is 17.2 Å². The number of halogens is 1. The van der Waals surface area contributed by atoms with Crippen LogP contribution in [0.5, 0.6) is 11.5 Å². The third-order valence-electron chi connectivity index (χ3n) is 9.63. The van der Waals surface area contributed by atoms with E-state index in [0.717, 1.165) is 71.2 Å². The lowest BCUT2D eigenvalue weighted by molar-refractivity contribution is 0.0618. The molecule has 1 aromatic carbocycles. The van der Waals surface area contributed by atoms with Gasteiger partial charge in [-0.3, -0.25) is 23.0 Å². The van der Waals surface area contributed by atoms with Crippen molar-refractivity contribution in [3.05, 3.63) is 42.1 Å². The van der Waals surface area contributed by atoms with Crippen LogP contribution in [0.15, 0.2) is 30.7 Å². The molecule has 5 rings (SSSR count). The lowest BCUT2D eigenvalue weighted by Gasteiger charge is -2.54. The first-order valence-corrected chi connectivity index (χ1v) is 28.8. The highest BCUT2D eigenvalue weighted by Crippen LogP contribution is 2.45. The molecular weight excluding hydrogens is 952 g/mol. The minimum Gasteiger partial charge on any atom is -0.451 e. The van der Waals surface area contributed by atoms with Crippen LogP contribution in [0.3, 0.4) is 0 Å². The summed E-state index contributed by atoms with van der Waals surface area (Å²) in [6.45, 7) is 12.9. The number of piperidine rings is 1. The third kappa shape index (κ3) is 26.1. The molecule has 28 heteroatoms. The van der Waals surface area contributed by atoms with E-state index in [4.69, 9.17) is 22.9 Å². The number of hydrogen-bond acceptors (Lipinski definition) is 16. The van der Waals surface area contributed by atoms with Gasteiger partial charge in [0.15, 0.2) is 11.6 Å². The highest BCUT2D eigenvalue weighted by Gasteiger charge is 2.46. The molecule has 1 spiro atoms. The van der Waals surface area contributed by atoms with Gasteiger partial charge in [-0.1, -0.05) is 0 Å². The van der Waals surface area contributed by atoms with E-state index in [1.54, 1.807) is 18.0 Å². The molecule has 0 atom stereocenters. The van der Waals surface area contributed by atoms with Crippen LogP contribution >= 0.6 is 0 Å². The van der Waals surface area contributed by atoms with E-state index in [9.17, 15) is 51.3 Å². The smallest absolute Gasteiger partial charge is 0.261 e. The number of hydrogen-bond donors (Lipinski definition) is 5. The molecule has 1 saturated carbocycles. The fraction of sp³-hybridized carbons (Fsp3) is 0.694. The molecule has 5 N–H and O–H groups in total. The van der Waals surface area contributed by atoms with Crippen molar-refractivity contribution in [2.45, 2.75) is 78.3 Å². The lowest BCUT2D eigenvalue weighted by Crippen LogP contribution is -2.61. The second-order valence-electron chi connectivity index (χ2n) is 16.0. The molecule has 1 aromatic heterocycles. The Kier molecular flexibility index (Phi) is 23.1. The Hall–Kier alpha value is -3.19. The average molecular weight is 1020 g/mol. The molecule has 370 valence electrons. The molecule has 0 radical (unpaired) electrons. The van der Waals surface area contributed by atoms with Crippen molar-refractivity contribution in [3.63, 3.8) is 0 Å². The number of anilines is 1. The normalized spacial score (nSPS) is 18.9. The largest absolute Gasteiger partial charge is 0.451 e. The summed E-state index contributed by atoms with van der Waals surface area (Å²) in [6, 6.07) is 4.08. The Labute approximate surface area is 377 Å². The fourth-order valence-corrected chi connectivity index (χ4v) is 7.91. The number of carbonyl (C=O) groups is 1. The molecule has 2 aliphatic heterocycles. The maximum Gasteiger partial charge on any atom is 0.261 e. The topological polar surface area (TPSA) is 325 Å². The fourth-order valence-electron chi connectivity index (χ4n) is 7.00. The highest BCUT2D eigenvalue weighted by atomic mass is 32.2. The van der Waals surface area contributed by atoms with Crippen LogP contribution in [0.4, 0.5) is 10.2 Å².